The number of hydrogen-bond acceptors (Lipinski definition) is 7. The Kier molecular flexibility index (Phi) is 8.76. The molecule has 1 aromatic heterocycles. The number of benzene rings is 2. The van der Waals surface area contributed by atoms with E-state index in [1.54, 1.807) is 12.1 Å². The first kappa shape index (κ1) is 27.6. The average molecular weight is 549 g/mol. The summed E-state index contributed by atoms with van der Waals surface area (Å²) < 4.78 is 23.7. The van der Waals surface area contributed by atoms with Crippen LogP contribution in [0.3, 0.4) is 0 Å². The van der Waals surface area contributed by atoms with Gasteiger partial charge in [0.2, 0.25) is 11.8 Å². The molecule has 1 fully saturated rings. The maximum absolute atomic E-state index is 13.5. The molecule has 11 heteroatoms. The van der Waals surface area contributed by atoms with E-state index in [1.165, 1.54) is 16.2 Å². The summed E-state index contributed by atoms with van der Waals surface area (Å²) in [5, 5.41) is 5.21. The minimum Gasteiger partial charge on any atom is -0.375 e. The van der Waals surface area contributed by atoms with Crippen LogP contribution in [-0.4, -0.2) is 43.3 Å². The van der Waals surface area contributed by atoms with Crippen LogP contribution in [0.1, 0.15) is 24.0 Å². The van der Waals surface area contributed by atoms with Gasteiger partial charge in [0, 0.05) is 28.2 Å². The highest BCUT2D eigenvalue weighted by molar-refractivity contribution is 7.91. The largest absolute Gasteiger partial charge is 0.375 e. The molecule has 1 saturated heterocycles. The maximum Gasteiger partial charge on any atom is 0.244 e. The van der Waals surface area contributed by atoms with Crippen LogP contribution in [0.2, 0.25) is 0 Å². The number of amides is 2. The minimum absolute atomic E-state index is 0. The summed E-state index contributed by atoms with van der Waals surface area (Å²) in [6.45, 7) is 3.69. The Morgan fingerprint density at radius 2 is 1.78 bits per heavy atom. The predicted octanol–water partition coefficient (Wildman–Crippen LogP) is 4.23. The fourth-order valence-electron chi connectivity index (χ4n) is 4.24. The van der Waals surface area contributed by atoms with Gasteiger partial charge in [-0.25, -0.2) is 13.4 Å². The first-order valence-corrected chi connectivity index (χ1v) is 14.0. The lowest BCUT2D eigenvalue weighted by Gasteiger charge is -2.30. The van der Waals surface area contributed by atoms with Crippen molar-refractivity contribution < 1.29 is 18.0 Å². The number of rotatable bonds is 6. The van der Waals surface area contributed by atoms with Crippen molar-refractivity contribution in [1.29, 1.82) is 0 Å². The van der Waals surface area contributed by atoms with Crippen molar-refractivity contribution in [2.75, 3.05) is 34.0 Å². The van der Waals surface area contributed by atoms with Crippen molar-refractivity contribution in [3.8, 4) is 11.3 Å². The van der Waals surface area contributed by atoms with Gasteiger partial charge in [0.25, 0.3) is 0 Å². The molecular weight excluding hydrogens is 520 g/mol. The summed E-state index contributed by atoms with van der Waals surface area (Å²) >= 11 is 1.36. The number of hydrogen-bond donors (Lipinski definition) is 2. The lowest BCUT2D eigenvalue weighted by molar-refractivity contribution is -0.124. The molecule has 0 aliphatic carbocycles. The number of nitrogens with one attached hydrogen (secondary N) is 1. The van der Waals surface area contributed by atoms with E-state index in [-0.39, 0.29) is 55.1 Å². The number of nitrogens with two attached hydrogens (primary N) is 1. The molecule has 1 aliphatic heterocycles. The summed E-state index contributed by atoms with van der Waals surface area (Å²) in [6, 6.07) is 12.9. The highest BCUT2D eigenvalue weighted by Crippen LogP contribution is 2.28. The van der Waals surface area contributed by atoms with Gasteiger partial charge >= 0.3 is 0 Å². The second-order valence-corrected chi connectivity index (χ2v) is 12.0. The molecule has 3 N–H and O–H groups in total. The van der Waals surface area contributed by atoms with Crippen molar-refractivity contribution >= 4 is 61.9 Å². The van der Waals surface area contributed by atoms with Crippen LogP contribution in [0, 0.1) is 19.8 Å². The van der Waals surface area contributed by atoms with Gasteiger partial charge in [-0.05, 0) is 50.5 Å². The molecule has 1 aliphatic rings. The molecule has 0 bridgehead atoms. The van der Waals surface area contributed by atoms with Crippen molar-refractivity contribution in [3.05, 3.63) is 59.0 Å². The Labute approximate surface area is 221 Å². The molecule has 3 aromatic rings. The molecule has 0 saturated carbocycles. The number of carbonyl (C=O) groups is 2. The van der Waals surface area contributed by atoms with Crippen molar-refractivity contribution in [1.82, 2.24) is 4.98 Å². The molecule has 4 rings (SSSR count). The van der Waals surface area contributed by atoms with Gasteiger partial charge in [-0.3, -0.25) is 9.59 Å². The van der Waals surface area contributed by atoms with Crippen molar-refractivity contribution in [3.63, 3.8) is 0 Å². The molecule has 2 amide bonds. The topological polar surface area (TPSA) is 122 Å². The fourth-order valence-corrected chi connectivity index (χ4v) is 6.30. The summed E-state index contributed by atoms with van der Waals surface area (Å²) in [6.07, 6.45) is 0.541. The van der Waals surface area contributed by atoms with E-state index in [9.17, 15) is 18.0 Å². The summed E-state index contributed by atoms with van der Waals surface area (Å²) in [5.74, 6) is -1.01. The van der Waals surface area contributed by atoms with Crippen LogP contribution in [0.25, 0.3) is 11.3 Å². The van der Waals surface area contributed by atoms with E-state index in [0.29, 0.717) is 16.5 Å². The van der Waals surface area contributed by atoms with Crippen LogP contribution in [-0.2, 0) is 19.4 Å². The van der Waals surface area contributed by atoms with Gasteiger partial charge in [-0.15, -0.1) is 23.7 Å². The highest BCUT2D eigenvalue weighted by Gasteiger charge is 2.33. The molecule has 0 unspecified atom stereocenters. The van der Waals surface area contributed by atoms with Crippen LogP contribution in [0.4, 0.5) is 16.5 Å². The van der Waals surface area contributed by atoms with Gasteiger partial charge < -0.3 is 16.0 Å². The number of nitrogens with zero attached hydrogens (tertiary/aromatic N) is 2. The van der Waals surface area contributed by atoms with Crippen LogP contribution in [0.15, 0.2) is 47.8 Å². The number of aryl methyl sites for hydroxylation is 2. The third kappa shape index (κ3) is 6.63. The number of halogens is 1. The average Bonchev–Trinajstić information content (AvgIpc) is 3.24. The third-order valence-corrected chi connectivity index (χ3v) is 8.49. The smallest absolute Gasteiger partial charge is 0.244 e. The zero-order valence-corrected chi connectivity index (χ0v) is 22.5. The molecular formula is C25H29ClN4O4S2. The molecule has 0 spiro atoms. The Balaban J connectivity index is 0.00000361. The second kappa shape index (κ2) is 11.4. The molecule has 36 heavy (non-hydrogen) atoms. The molecule has 192 valence electrons. The molecule has 8 nitrogen and oxygen atoms in total. The van der Waals surface area contributed by atoms with Crippen molar-refractivity contribution in [2.24, 2.45) is 5.92 Å². The van der Waals surface area contributed by atoms with Crippen molar-refractivity contribution in [2.45, 2.75) is 26.7 Å². The molecule has 2 aromatic carbocycles. The maximum atomic E-state index is 13.5. The number of carbonyl (C=O) groups excluding carboxylic acids is 2. The number of aromatic nitrogens is 1. The van der Waals surface area contributed by atoms with Gasteiger partial charge in [0.05, 0.1) is 17.2 Å². The van der Waals surface area contributed by atoms with Gasteiger partial charge in [-0.1, -0.05) is 29.8 Å². The molecule has 2 heterocycles. The summed E-state index contributed by atoms with van der Waals surface area (Å²) in [7, 11) is -3.10. The summed E-state index contributed by atoms with van der Waals surface area (Å²) in [5.41, 5.74) is 10.5. The summed E-state index contributed by atoms with van der Waals surface area (Å²) in [4.78, 5) is 32.2. The minimum atomic E-state index is -3.10. The van der Waals surface area contributed by atoms with Crippen LogP contribution >= 0.6 is 23.7 Å². The van der Waals surface area contributed by atoms with E-state index >= 15 is 0 Å². The van der Waals surface area contributed by atoms with E-state index in [2.05, 4.69) is 10.3 Å². The predicted molar refractivity (Wildman–Crippen MR) is 147 cm³/mol. The van der Waals surface area contributed by atoms with E-state index in [0.717, 1.165) is 22.4 Å². The Hall–Kier alpha value is -2.95. The zero-order chi connectivity index (χ0) is 25.2. The number of thiazole rings is 1. The standard InChI is InChI=1S/C25H28N4O4S2.ClH/c1-16-3-8-22(17(2)13-16)29(24(31)19-9-11-35(32,33)12-10-19)14-23(30)27-20-6-4-18(5-7-20)21-15-34-25(26)28-21;/h3-8,13,15,19H,9-12,14H2,1-2H3,(H2,26,28)(H,27,30);1H. The lowest BCUT2D eigenvalue weighted by atomic mass is 9.99. The van der Waals surface area contributed by atoms with E-state index in [4.69, 9.17) is 5.73 Å². The third-order valence-electron chi connectivity index (χ3n) is 6.10. The molecule has 0 atom stereocenters. The second-order valence-electron chi connectivity index (χ2n) is 8.84. The first-order valence-electron chi connectivity index (χ1n) is 11.3. The highest BCUT2D eigenvalue weighted by atomic mass is 35.5. The van der Waals surface area contributed by atoms with Crippen LogP contribution < -0.4 is 16.0 Å². The van der Waals surface area contributed by atoms with E-state index < -0.39 is 15.8 Å². The van der Waals surface area contributed by atoms with E-state index in [1.807, 2.05) is 49.6 Å². The Bertz CT molecular complexity index is 1340. The fraction of sp³-hybridized carbons (Fsp3) is 0.320. The quantitative estimate of drug-likeness (QED) is 0.475. The first-order chi connectivity index (χ1) is 16.6. The van der Waals surface area contributed by atoms with Gasteiger partial charge in [-0.2, -0.15) is 0 Å². The van der Waals surface area contributed by atoms with Crippen LogP contribution in [0.5, 0.6) is 0 Å². The normalized spacial score (nSPS) is 15.1. The monoisotopic (exact) mass is 548 g/mol. The Morgan fingerprint density at radius 3 is 2.36 bits per heavy atom. The SMILES string of the molecule is Cc1ccc(N(CC(=O)Nc2ccc(-c3csc(N)n3)cc2)C(=O)C2CCS(=O)(=O)CC2)c(C)c1.Cl. The zero-order valence-electron chi connectivity index (χ0n) is 20.1. The lowest BCUT2D eigenvalue weighted by Crippen LogP contribution is -2.44. The number of nitrogen functional groups attached to an aromatic ring is 1. The number of sulfone groups is 1. The Morgan fingerprint density at radius 1 is 1.11 bits per heavy atom. The molecule has 0 radical (unpaired) electrons. The number of anilines is 3. The van der Waals surface area contributed by atoms with Gasteiger partial charge in [0.15, 0.2) is 5.13 Å². The van der Waals surface area contributed by atoms with Gasteiger partial charge in [0.1, 0.15) is 16.4 Å².